The van der Waals surface area contributed by atoms with Crippen molar-refractivity contribution in [2.24, 2.45) is 0 Å². The van der Waals surface area contributed by atoms with Crippen molar-refractivity contribution in [3.63, 3.8) is 0 Å². The molecule has 4 heterocycles. The molecular weight excluding hydrogens is 586 g/mol. The topological polar surface area (TPSA) is 93.4 Å². The van der Waals surface area contributed by atoms with Crippen LogP contribution in [-0.2, 0) is 0 Å². The number of aromatic nitrogens is 6. The Bertz CT molecular complexity index is 1800. The lowest BCUT2D eigenvalue weighted by Crippen LogP contribution is -2.70. The largest absolute Gasteiger partial charge is 0.703 e. The van der Waals surface area contributed by atoms with E-state index in [0.717, 1.165) is 71.0 Å². The van der Waals surface area contributed by atoms with Gasteiger partial charge in [-0.1, -0.05) is 88.4 Å². The van der Waals surface area contributed by atoms with Crippen molar-refractivity contribution in [1.29, 1.82) is 0 Å². The van der Waals surface area contributed by atoms with E-state index in [0.29, 0.717) is 0 Å². The zero-order valence-electron chi connectivity index (χ0n) is 27.5. The van der Waals surface area contributed by atoms with E-state index in [4.69, 9.17) is 9.31 Å². The van der Waals surface area contributed by atoms with Crippen LogP contribution < -0.4 is 29.9 Å². The number of rotatable bonds is 6. The van der Waals surface area contributed by atoms with E-state index in [2.05, 4.69) is 83.4 Å². The molecule has 9 nitrogen and oxygen atoms in total. The Morgan fingerprint density at radius 3 is 1.21 bits per heavy atom. The second-order valence-electron chi connectivity index (χ2n) is 12.3. The van der Waals surface area contributed by atoms with Crippen LogP contribution in [0.25, 0.3) is 22.7 Å². The minimum atomic E-state index is -1.16. The van der Waals surface area contributed by atoms with Crippen molar-refractivity contribution in [3.8, 4) is 34.2 Å². The molecular formula is C36H42B2N6O3. The Hall–Kier alpha value is -5.15. The fraction of sp³-hybridized carbons (Fsp3) is 0.222. The first-order valence-corrected chi connectivity index (χ1v) is 16.6. The van der Waals surface area contributed by atoms with Gasteiger partial charge in [0.1, 0.15) is 45.7 Å². The van der Waals surface area contributed by atoms with E-state index in [1.54, 1.807) is 0 Å². The minimum absolute atomic E-state index is 0. The third-order valence-electron chi connectivity index (χ3n) is 10.0. The monoisotopic (exact) mass is 628 g/mol. The Morgan fingerprint density at radius 2 is 0.851 bits per heavy atom. The maximum atomic E-state index is 6.55. The molecule has 0 fully saturated rings. The molecule has 2 N–H and O–H groups in total. The minimum Gasteiger partial charge on any atom is -0.703 e. The van der Waals surface area contributed by atoms with Gasteiger partial charge in [0, 0.05) is 10.2 Å². The normalized spacial score (nSPS) is 14.4. The number of para-hydroxylation sites is 6. The van der Waals surface area contributed by atoms with E-state index >= 15 is 0 Å². The lowest BCUT2D eigenvalue weighted by atomic mass is 9.35. The maximum Gasteiger partial charge on any atom is 0.268 e. The molecule has 2 aliphatic rings. The third kappa shape index (κ3) is 5.20. The van der Waals surface area contributed by atoms with E-state index in [9.17, 15) is 0 Å². The summed E-state index contributed by atoms with van der Waals surface area (Å²) in [6.07, 6.45) is 5.29. The molecule has 11 heteroatoms. The molecule has 0 unspecified atom stereocenters. The molecule has 0 aliphatic carbocycles. The molecule has 47 heavy (non-hydrogen) atoms. The molecule has 8 rings (SSSR count). The van der Waals surface area contributed by atoms with Crippen molar-refractivity contribution in [2.75, 3.05) is 0 Å². The predicted octanol–water partition coefficient (Wildman–Crippen LogP) is 4.64. The van der Waals surface area contributed by atoms with Crippen molar-refractivity contribution in [3.05, 3.63) is 122 Å². The number of benzene rings is 4. The maximum absolute atomic E-state index is 6.55. The van der Waals surface area contributed by atoms with Gasteiger partial charge in [-0.25, -0.2) is 9.13 Å². The van der Waals surface area contributed by atoms with Crippen LogP contribution in [0.5, 0.6) is 11.5 Å². The molecule has 0 saturated heterocycles. The average Bonchev–Trinajstić information content (AvgIpc) is 3.79. The molecule has 0 spiro atoms. The van der Waals surface area contributed by atoms with E-state index < -0.39 is 12.7 Å². The van der Waals surface area contributed by atoms with Crippen molar-refractivity contribution in [1.82, 2.24) is 19.6 Å². The number of fused-ring (bicyclic) bond motifs is 6. The smallest absolute Gasteiger partial charge is 0.268 e. The summed E-state index contributed by atoms with van der Waals surface area (Å²) in [6, 6.07) is 36.9. The van der Waals surface area contributed by atoms with Crippen LogP contribution in [0.3, 0.4) is 0 Å². The number of hydrogen-bond acceptors (Lipinski definition) is 4. The molecule has 2 aliphatic heterocycles. The lowest BCUT2D eigenvalue weighted by molar-refractivity contribution is -0.581. The molecule has 0 saturated carbocycles. The molecule has 0 bridgehead atoms. The highest BCUT2D eigenvalue weighted by molar-refractivity contribution is 6.86. The Morgan fingerprint density at radius 1 is 0.511 bits per heavy atom. The highest BCUT2D eigenvalue weighted by Gasteiger charge is 2.43. The van der Waals surface area contributed by atoms with E-state index in [-0.39, 0.29) is 5.48 Å². The average molecular weight is 628 g/mol. The first-order chi connectivity index (χ1) is 22.6. The molecule has 0 atom stereocenters. The van der Waals surface area contributed by atoms with Crippen LogP contribution >= 0.6 is 0 Å². The summed E-state index contributed by atoms with van der Waals surface area (Å²) >= 11 is 0. The summed E-state index contributed by atoms with van der Waals surface area (Å²) in [7, 11) is 0. The summed E-state index contributed by atoms with van der Waals surface area (Å²) in [6.45, 7) is 8.79. The van der Waals surface area contributed by atoms with Crippen molar-refractivity contribution in [2.45, 2.75) is 53.0 Å². The SMILES string of the molecule is CC[B-]1(CC)Oc2ccccc2-[n+]2cnn(-c3ccccc3)c21.CC[B-]1(CC)Oc2ccccc2-[n+]2cnn(-c3ccccc3)c21.O. The van der Waals surface area contributed by atoms with Crippen LogP contribution in [0.15, 0.2) is 122 Å². The second kappa shape index (κ2) is 12.9. The van der Waals surface area contributed by atoms with Crippen LogP contribution in [-0.4, -0.2) is 37.7 Å². The molecule has 0 radical (unpaired) electrons. The summed E-state index contributed by atoms with van der Waals surface area (Å²) in [5.41, 5.74) is 6.53. The van der Waals surface area contributed by atoms with E-state index in [1.165, 1.54) is 0 Å². The first kappa shape index (κ1) is 31.8. The van der Waals surface area contributed by atoms with Crippen molar-refractivity contribution < 1.29 is 23.9 Å². The van der Waals surface area contributed by atoms with Gasteiger partial charge in [-0.05, 0) is 48.5 Å². The Kier molecular flexibility index (Phi) is 8.75. The first-order valence-electron chi connectivity index (χ1n) is 16.6. The number of nitrogens with zero attached hydrogens (tertiary/aromatic N) is 6. The molecule has 6 aromatic rings. The zero-order valence-corrected chi connectivity index (χ0v) is 27.5. The summed E-state index contributed by atoms with van der Waals surface area (Å²) in [5.74, 6) is 1.89. The summed E-state index contributed by atoms with van der Waals surface area (Å²) in [5, 5.41) is 9.35. The van der Waals surface area contributed by atoms with Gasteiger partial charge in [0.05, 0.1) is 0 Å². The van der Waals surface area contributed by atoms with Gasteiger partial charge in [-0.3, -0.25) is 0 Å². The fourth-order valence-corrected chi connectivity index (χ4v) is 7.25. The lowest BCUT2D eigenvalue weighted by Gasteiger charge is -2.41. The van der Waals surface area contributed by atoms with Gasteiger partial charge >= 0.3 is 0 Å². The standard InChI is InChI=1S/2C18H20BN3O.H2O/c2*1-3-19(4-2)18-21(16-12-8-9-13-17(16)23-19)14-20-22(18)15-10-6-5-7-11-15;/h2*5-14H,3-4H2,1-2H3;1H2. The van der Waals surface area contributed by atoms with Gasteiger partial charge in [-0.15, -0.1) is 34.6 Å². The van der Waals surface area contributed by atoms with Crippen LogP contribution in [0, 0.1) is 0 Å². The van der Waals surface area contributed by atoms with Gasteiger partial charge in [0.15, 0.2) is 0 Å². The van der Waals surface area contributed by atoms with Gasteiger partial charge < -0.3 is 14.8 Å². The van der Waals surface area contributed by atoms with Gasteiger partial charge in [-0.2, -0.15) is 0 Å². The molecule has 4 aromatic carbocycles. The number of hydrogen-bond donors (Lipinski definition) is 0. The Labute approximate surface area is 276 Å². The van der Waals surface area contributed by atoms with Crippen molar-refractivity contribution >= 4 is 24.1 Å². The fourth-order valence-electron chi connectivity index (χ4n) is 7.25. The highest BCUT2D eigenvalue weighted by Crippen LogP contribution is 2.30. The predicted molar refractivity (Wildman–Crippen MR) is 188 cm³/mol. The van der Waals surface area contributed by atoms with Gasteiger partial charge in [0.25, 0.3) is 25.4 Å². The molecule has 240 valence electrons. The summed E-state index contributed by atoms with van der Waals surface area (Å²) in [4.78, 5) is 0. The molecule has 0 amide bonds. The Balaban J connectivity index is 0.000000161. The quantitative estimate of drug-likeness (QED) is 0.199. The van der Waals surface area contributed by atoms with Crippen LogP contribution in [0.2, 0.25) is 25.3 Å². The zero-order chi connectivity index (χ0) is 31.7. The van der Waals surface area contributed by atoms with E-state index in [1.807, 2.05) is 94.8 Å². The summed E-state index contributed by atoms with van der Waals surface area (Å²) < 4.78 is 21.5. The van der Waals surface area contributed by atoms with Crippen LogP contribution in [0.1, 0.15) is 27.7 Å². The van der Waals surface area contributed by atoms with Gasteiger partial charge in [0.2, 0.25) is 0 Å². The third-order valence-corrected chi connectivity index (χ3v) is 10.0. The molecule has 2 aromatic heterocycles. The highest BCUT2D eigenvalue weighted by atomic mass is 16.5. The van der Waals surface area contributed by atoms with Crippen LogP contribution in [0.4, 0.5) is 0 Å². The second-order valence-corrected chi connectivity index (χ2v) is 12.3.